The van der Waals surface area contributed by atoms with Crippen LogP contribution in [0.1, 0.15) is 12.0 Å². The zero-order valence-corrected chi connectivity index (χ0v) is 13.9. The molecule has 4 nitrogen and oxygen atoms in total. The number of aryl methyl sites for hydroxylation is 1. The van der Waals surface area contributed by atoms with Crippen LogP contribution in [-0.2, 0) is 13.1 Å². The molecular formula is C18H20ClN3O. The van der Waals surface area contributed by atoms with Crippen LogP contribution in [0, 0.1) is 0 Å². The monoisotopic (exact) mass is 329 g/mol. The lowest BCUT2D eigenvalue weighted by atomic mass is 10.2. The van der Waals surface area contributed by atoms with E-state index in [0.29, 0.717) is 18.1 Å². The minimum Gasteiger partial charge on any atom is -0.320 e. The summed E-state index contributed by atoms with van der Waals surface area (Å²) in [5, 5.41) is 3.83. The molecule has 0 saturated heterocycles. The lowest BCUT2D eigenvalue weighted by Gasteiger charge is -2.04. The van der Waals surface area contributed by atoms with Gasteiger partial charge in [0, 0.05) is 11.6 Å². The number of para-hydroxylation sites is 2. The molecule has 0 radical (unpaired) electrons. The van der Waals surface area contributed by atoms with Gasteiger partial charge < -0.3 is 5.32 Å². The largest absolute Gasteiger partial charge is 0.329 e. The van der Waals surface area contributed by atoms with Gasteiger partial charge in [0.1, 0.15) is 0 Å². The maximum Gasteiger partial charge on any atom is 0.329 e. The van der Waals surface area contributed by atoms with Crippen molar-refractivity contribution in [1.29, 1.82) is 0 Å². The Bertz CT molecular complexity index is 849. The van der Waals surface area contributed by atoms with E-state index in [1.165, 1.54) is 0 Å². The highest BCUT2D eigenvalue weighted by Gasteiger charge is 2.12. The van der Waals surface area contributed by atoms with Crippen molar-refractivity contribution in [3.05, 3.63) is 69.6 Å². The molecule has 1 N–H and O–H groups in total. The Balaban J connectivity index is 2.00. The van der Waals surface area contributed by atoms with Crippen LogP contribution < -0.4 is 11.0 Å². The molecule has 0 spiro atoms. The maximum absolute atomic E-state index is 12.8. The van der Waals surface area contributed by atoms with Gasteiger partial charge in [-0.25, -0.2) is 4.79 Å². The van der Waals surface area contributed by atoms with E-state index in [-0.39, 0.29) is 5.69 Å². The first-order valence-corrected chi connectivity index (χ1v) is 8.15. The second kappa shape index (κ2) is 7.02. The molecule has 1 aromatic heterocycles. The Morgan fingerprint density at radius 1 is 1.00 bits per heavy atom. The van der Waals surface area contributed by atoms with Crippen molar-refractivity contribution in [1.82, 2.24) is 14.5 Å². The van der Waals surface area contributed by atoms with Gasteiger partial charge in [-0.2, -0.15) is 0 Å². The van der Waals surface area contributed by atoms with E-state index in [4.69, 9.17) is 11.6 Å². The molecular weight excluding hydrogens is 310 g/mol. The van der Waals surface area contributed by atoms with Gasteiger partial charge in [-0.1, -0.05) is 35.9 Å². The number of rotatable bonds is 6. The zero-order valence-electron chi connectivity index (χ0n) is 13.1. The molecule has 0 aliphatic heterocycles. The number of fused-ring (bicyclic) bond motifs is 1. The van der Waals surface area contributed by atoms with E-state index < -0.39 is 0 Å². The zero-order chi connectivity index (χ0) is 16.2. The highest BCUT2D eigenvalue weighted by atomic mass is 35.5. The van der Waals surface area contributed by atoms with Crippen molar-refractivity contribution in [2.45, 2.75) is 19.5 Å². The topological polar surface area (TPSA) is 39.0 Å². The van der Waals surface area contributed by atoms with Crippen molar-refractivity contribution in [2.24, 2.45) is 0 Å². The molecule has 0 amide bonds. The van der Waals surface area contributed by atoms with E-state index in [2.05, 4.69) is 5.32 Å². The first kappa shape index (κ1) is 15.8. The van der Waals surface area contributed by atoms with Gasteiger partial charge >= 0.3 is 5.69 Å². The molecule has 0 aliphatic rings. The molecule has 2 aromatic carbocycles. The lowest BCUT2D eigenvalue weighted by Crippen LogP contribution is -2.25. The van der Waals surface area contributed by atoms with Gasteiger partial charge in [0.2, 0.25) is 0 Å². The Kier molecular flexibility index (Phi) is 4.84. The van der Waals surface area contributed by atoms with Crippen LogP contribution >= 0.6 is 11.6 Å². The number of imidazole rings is 1. The van der Waals surface area contributed by atoms with E-state index in [0.717, 1.165) is 29.6 Å². The van der Waals surface area contributed by atoms with Gasteiger partial charge in [-0.3, -0.25) is 9.13 Å². The number of aromatic nitrogens is 2. The molecule has 120 valence electrons. The van der Waals surface area contributed by atoms with E-state index >= 15 is 0 Å². The molecule has 0 unspecified atom stereocenters. The molecule has 3 aromatic rings. The lowest BCUT2D eigenvalue weighted by molar-refractivity contribution is 0.594. The normalized spacial score (nSPS) is 11.2. The highest BCUT2D eigenvalue weighted by molar-refractivity contribution is 6.30. The van der Waals surface area contributed by atoms with Gasteiger partial charge in [0.25, 0.3) is 0 Å². The molecule has 1 heterocycles. The fourth-order valence-corrected chi connectivity index (χ4v) is 2.95. The Morgan fingerprint density at radius 3 is 2.30 bits per heavy atom. The summed E-state index contributed by atoms with van der Waals surface area (Å²) in [6.45, 7) is 2.16. The van der Waals surface area contributed by atoms with Crippen LogP contribution in [0.15, 0.2) is 53.3 Å². The van der Waals surface area contributed by atoms with Gasteiger partial charge in [-0.05, 0) is 49.8 Å². The summed E-state index contributed by atoms with van der Waals surface area (Å²) in [7, 11) is 1.92. The van der Waals surface area contributed by atoms with Crippen molar-refractivity contribution in [3.63, 3.8) is 0 Å². The summed E-state index contributed by atoms with van der Waals surface area (Å²) >= 11 is 5.94. The second-order valence-electron chi connectivity index (χ2n) is 5.59. The SMILES string of the molecule is CNCCCn1c(=O)n(Cc2ccc(Cl)cc2)c2ccccc21. The van der Waals surface area contributed by atoms with Crippen LogP contribution in [0.5, 0.6) is 0 Å². The summed E-state index contributed by atoms with van der Waals surface area (Å²) in [4.78, 5) is 12.8. The van der Waals surface area contributed by atoms with E-state index in [1.807, 2.05) is 64.7 Å². The predicted molar refractivity (Wildman–Crippen MR) is 95.3 cm³/mol. The smallest absolute Gasteiger partial charge is 0.320 e. The third-order valence-corrected chi connectivity index (χ3v) is 4.24. The number of hydrogen-bond acceptors (Lipinski definition) is 2. The number of halogens is 1. The van der Waals surface area contributed by atoms with Crippen molar-refractivity contribution in [2.75, 3.05) is 13.6 Å². The Hall–Kier alpha value is -2.04. The fourth-order valence-electron chi connectivity index (χ4n) is 2.83. The number of hydrogen-bond donors (Lipinski definition) is 1. The molecule has 3 rings (SSSR count). The molecule has 0 fully saturated rings. The summed E-state index contributed by atoms with van der Waals surface area (Å²) in [6, 6.07) is 15.6. The molecule has 0 saturated carbocycles. The van der Waals surface area contributed by atoms with Crippen molar-refractivity contribution < 1.29 is 0 Å². The average Bonchev–Trinajstić information content (AvgIpc) is 2.83. The number of nitrogens with one attached hydrogen (secondary N) is 1. The molecule has 23 heavy (non-hydrogen) atoms. The summed E-state index contributed by atoms with van der Waals surface area (Å²) in [6.07, 6.45) is 0.922. The third-order valence-electron chi connectivity index (χ3n) is 3.99. The first-order valence-electron chi connectivity index (χ1n) is 7.78. The summed E-state index contributed by atoms with van der Waals surface area (Å²) in [5.41, 5.74) is 3.06. The highest BCUT2D eigenvalue weighted by Crippen LogP contribution is 2.16. The molecule has 0 bridgehead atoms. The third kappa shape index (κ3) is 3.33. The van der Waals surface area contributed by atoms with Crippen LogP contribution in [-0.4, -0.2) is 22.7 Å². The maximum atomic E-state index is 12.8. The van der Waals surface area contributed by atoms with Gasteiger partial charge in [0.05, 0.1) is 17.6 Å². The van der Waals surface area contributed by atoms with Crippen LogP contribution in [0.3, 0.4) is 0 Å². The minimum atomic E-state index is 0.0391. The fraction of sp³-hybridized carbons (Fsp3) is 0.278. The van der Waals surface area contributed by atoms with Crippen LogP contribution in [0.2, 0.25) is 5.02 Å². The predicted octanol–water partition coefficient (Wildman–Crippen LogP) is 3.11. The van der Waals surface area contributed by atoms with Crippen molar-refractivity contribution >= 4 is 22.6 Å². The van der Waals surface area contributed by atoms with Crippen LogP contribution in [0.25, 0.3) is 11.0 Å². The first-order chi connectivity index (χ1) is 11.2. The van der Waals surface area contributed by atoms with Crippen molar-refractivity contribution in [3.8, 4) is 0 Å². The van der Waals surface area contributed by atoms with E-state index in [9.17, 15) is 4.79 Å². The standard InChI is InChI=1S/C18H20ClN3O/c1-20-11-4-12-21-16-5-2-3-6-17(16)22(18(21)23)13-14-7-9-15(19)10-8-14/h2-3,5-10,20H,4,11-13H2,1H3. The van der Waals surface area contributed by atoms with Gasteiger partial charge in [0.15, 0.2) is 0 Å². The molecule has 0 atom stereocenters. The minimum absolute atomic E-state index is 0.0391. The Morgan fingerprint density at radius 2 is 1.65 bits per heavy atom. The summed E-state index contributed by atoms with van der Waals surface area (Å²) < 4.78 is 3.69. The quantitative estimate of drug-likeness (QED) is 0.706. The van der Waals surface area contributed by atoms with Crippen LogP contribution in [0.4, 0.5) is 0 Å². The molecule has 0 aliphatic carbocycles. The number of nitrogens with zero attached hydrogens (tertiary/aromatic N) is 2. The molecule has 5 heteroatoms. The second-order valence-corrected chi connectivity index (χ2v) is 6.03. The summed E-state index contributed by atoms with van der Waals surface area (Å²) in [5.74, 6) is 0. The van der Waals surface area contributed by atoms with E-state index in [1.54, 1.807) is 0 Å². The Labute approximate surface area is 140 Å². The van der Waals surface area contributed by atoms with Gasteiger partial charge in [-0.15, -0.1) is 0 Å². The average molecular weight is 330 g/mol. The number of benzene rings is 2.